The molecule has 0 bridgehead atoms. The van der Waals surface area contributed by atoms with Gasteiger partial charge < -0.3 is 18.6 Å². The molecule has 0 spiro atoms. The molecule has 1 amide bonds. The molecule has 3 aromatic rings. The molecule has 0 aliphatic carbocycles. The van der Waals surface area contributed by atoms with Gasteiger partial charge in [0.25, 0.3) is 5.91 Å². The Kier molecular flexibility index (Phi) is 8.68. The van der Waals surface area contributed by atoms with Gasteiger partial charge in [-0.1, -0.05) is 32.0 Å². The predicted octanol–water partition coefficient (Wildman–Crippen LogP) is 5.84. The number of methoxy groups -OCH3 is 2. The second-order valence-electron chi connectivity index (χ2n) is 8.57. The summed E-state index contributed by atoms with van der Waals surface area (Å²) in [6.45, 7) is 5.00. The molecule has 0 N–H and O–H groups in total. The number of carbonyl (C=O) groups is 1. The Morgan fingerprint density at radius 3 is 2.57 bits per heavy atom. The van der Waals surface area contributed by atoms with Crippen LogP contribution in [0.15, 0.2) is 80.4 Å². The third kappa shape index (κ3) is 6.62. The zero-order chi connectivity index (χ0) is 26.2. The van der Waals surface area contributed by atoms with Crippen molar-refractivity contribution in [3.05, 3.63) is 82.7 Å². The average molecular weight is 520 g/mol. The van der Waals surface area contributed by atoms with E-state index in [1.54, 1.807) is 37.7 Å². The molecule has 1 fully saturated rings. The van der Waals surface area contributed by atoms with Crippen LogP contribution < -0.4 is 14.2 Å². The van der Waals surface area contributed by atoms with E-state index >= 15 is 0 Å². The summed E-state index contributed by atoms with van der Waals surface area (Å²) in [5.74, 6) is 2.80. The third-order valence-corrected chi connectivity index (χ3v) is 6.32. The Morgan fingerprint density at radius 2 is 1.84 bits per heavy atom. The molecule has 1 aliphatic rings. The number of para-hydroxylation sites is 1. The van der Waals surface area contributed by atoms with Gasteiger partial charge in [-0.15, -0.1) is 5.10 Å². The number of nitrogens with zero attached hydrogens (tertiary/aromatic N) is 3. The molecule has 9 heteroatoms. The van der Waals surface area contributed by atoms with Crippen LogP contribution in [0, 0.1) is 5.92 Å². The summed E-state index contributed by atoms with van der Waals surface area (Å²) < 4.78 is 22.2. The first-order valence-electron chi connectivity index (χ1n) is 11.8. The summed E-state index contributed by atoms with van der Waals surface area (Å²) in [5, 5.41) is 9.04. The molecule has 0 unspecified atom stereocenters. The van der Waals surface area contributed by atoms with Crippen molar-refractivity contribution in [3.63, 3.8) is 0 Å². The Labute approximate surface area is 220 Å². The van der Waals surface area contributed by atoms with E-state index in [0.717, 1.165) is 11.1 Å². The molecular formula is C28H29N3O5S. The fraction of sp³-hybridized carbons (Fsp3) is 0.250. The van der Waals surface area contributed by atoms with E-state index in [-0.39, 0.29) is 12.5 Å². The van der Waals surface area contributed by atoms with Gasteiger partial charge in [0.15, 0.2) is 16.7 Å². The standard InChI is InChI=1S/C28H29N3O5S/c1-19(2)18-36-24-12-11-20(14-25(24)34-4)15-26-27(32)31(17-22-9-7-13-35-22)28(37-26)30-29-16-21-8-5-6-10-23(21)33-3/h5-16,19H,17-18H2,1-4H3/b26-15-,29-16-,30-28+. The summed E-state index contributed by atoms with van der Waals surface area (Å²) in [6.07, 6.45) is 4.99. The monoisotopic (exact) mass is 519 g/mol. The van der Waals surface area contributed by atoms with Crippen molar-refractivity contribution in [1.29, 1.82) is 0 Å². The quantitative estimate of drug-likeness (QED) is 0.190. The molecule has 37 heavy (non-hydrogen) atoms. The minimum atomic E-state index is -0.188. The fourth-order valence-electron chi connectivity index (χ4n) is 3.49. The van der Waals surface area contributed by atoms with E-state index in [1.165, 1.54) is 11.8 Å². The molecule has 0 atom stereocenters. The highest BCUT2D eigenvalue weighted by atomic mass is 32.2. The van der Waals surface area contributed by atoms with E-state index in [0.29, 0.717) is 45.6 Å². The number of rotatable bonds is 10. The summed E-state index contributed by atoms with van der Waals surface area (Å²) in [7, 11) is 3.20. The molecule has 0 radical (unpaired) electrons. The molecule has 2 heterocycles. The van der Waals surface area contributed by atoms with Gasteiger partial charge in [-0.3, -0.25) is 9.69 Å². The van der Waals surface area contributed by atoms with Crippen molar-refractivity contribution in [2.45, 2.75) is 20.4 Å². The first-order chi connectivity index (χ1) is 18.0. The van der Waals surface area contributed by atoms with Gasteiger partial charge >= 0.3 is 0 Å². The van der Waals surface area contributed by atoms with E-state index in [1.807, 2.05) is 54.6 Å². The Morgan fingerprint density at radius 1 is 1.03 bits per heavy atom. The number of benzene rings is 2. The lowest BCUT2D eigenvalue weighted by molar-refractivity contribution is -0.122. The maximum atomic E-state index is 13.4. The second kappa shape index (κ2) is 12.3. The molecule has 192 valence electrons. The normalized spacial score (nSPS) is 15.9. The topological polar surface area (TPSA) is 85.9 Å². The van der Waals surface area contributed by atoms with Crippen LogP contribution in [0.2, 0.25) is 0 Å². The first kappa shape index (κ1) is 26.1. The van der Waals surface area contributed by atoms with Crippen molar-refractivity contribution in [2.24, 2.45) is 16.1 Å². The highest BCUT2D eigenvalue weighted by Crippen LogP contribution is 2.36. The van der Waals surface area contributed by atoms with Crippen LogP contribution in [-0.4, -0.2) is 43.0 Å². The van der Waals surface area contributed by atoms with E-state index < -0.39 is 0 Å². The SMILES string of the molecule is COc1ccccc1/C=N\N=C1\S/C(=C\c2ccc(OCC(C)C)c(OC)c2)C(=O)N1Cc1ccco1. The fourth-order valence-corrected chi connectivity index (χ4v) is 4.43. The Bertz CT molecular complexity index is 1320. The summed E-state index contributed by atoms with van der Waals surface area (Å²) in [6, 6.07) is 16.7. The van der Waals surface area contributed by atoms with Gasteiger partial charge in [-0.05, 0) is 65.7 Å². The first-order valence-corrected chi connectivity index (χ1v) is 12.6. The summed E-state index contributed by atoms with van der Waals surface area (Å²) in [5.41, 5.74) is 1.59. The average Bonchev–Trinajstić information content (AvgIpc) is 3.52. The van der Waals surface area contributed by atoms with Crippen LogP contribution >= 0.6 is 11.8 Å². The number of amides is 1. The minimum Gasteiger partial charge on any atom is -0.496 e. The highest BCUT2D eigenvalue weighted by Gasteiger charge is 2.34. The van der Waals surface area contributed by atoms with Crippen LogP contribution in [0.3, 0.4) is 0 Å². The van der Waals surface area contributed by atoms with Crippen molar-refractivity contribution < 1.29 is 23.4 Å². The Balaban J connectivity index is 1.61. The van der Waals surface area contributed by atoms with Crippen molar-refractivity contribution in [2.75, 3.05) is 20.8 Å². The third-order valence-electron chi connectivity index (χ3n) is 5.32. The molecule has 2 aromatic carbocycles. The number of hydrogen-bond donors (Lipinski definition) is 0. The van der Waals surface area contributed by atoms with E-state index in [9.17, 15) is 4.79 Å². The smallest absolute Gasteiger partial charge is 0.267 e. The van der Waals surface area contributed by atoms with Crippen molar-refractivity contribution >= 4 is 35.1 Å². The summed E-state index contributed by atoms with van der Waals surface area (Å²) >= 11 is 1.25. The minimum absolute atomic E-state index is 0.188. The molecule has 8 nitrogen and oxygen atoms in total. The molecule has 4 rings (SSSR count). The van der Waals surface area contributed by atoms with Gasteiger partial charge in [0.1, 0.15) is 11.5 Å². The lowest BCUT2D eigenvalue weighted by Gasteiger charge is -2.13. The zero-order valence-electron chi connectivity index (χ0n) is 21.2. The van der Waals surface area contributed by atoms with Crippen LogP contribution in [0.25, 0.3) is 6.08 Å². The number of hydrogen-bond acceptors (Lipinski definition) is 8. The molecule has 0 saturated carbocycles. The lowest BCUT2D eigenvalue weighted by Crippen LogP contribution is -2.28. The van der Waals surface area contributed by atoms with Gasteiger partial charge in [0.2, 0.25) is 0 Å². The van der Waals surface area contributed by atoms with E-state index in [2.05, 4.69) is 24.1 Å². The molecule has 1 saturated heterocycles. The van der Waals surface area contributed by atoms with Gasteiger partial charge in [0, 0.05) is 5.56 Å². The van der Waals surface area contributed by atoms with Crippen molar-refractivity contribution in [1.82, 2.24) is 4.90 Å². The zero-order valence-corrected chi connectivity index (χ0v) is 22.0. The molecule has 1 aromatic heterocycles. The van der Waals surface area contributed by atoms with Gasteiger partial charge in [-0.25, -0.2) is 0 Å². The van der Waals surface area contributed by atoms with Crippen molar-refractivity contribution in [3.8, 4) is 17.2 Å². The van der Waals surface area contributed by atoms with Crippen LogP contribution in [0.4, 0.5) is 0 Å². The number of amidine groups is 1. The van der Waals surface area contributed by atoms with E-state index in [4.69, 9.17) is 18.6 Å². The van der Waals surface area contributed by atoms with Crippen LogP contribution in [-0.2, 0) is 11.3 Å². The number of ether oxygens (including phenoxy) is 3. The highest BCUT2D eigenvalue weighted by molar-refractivity contribution is 8.18. The molecule has 1 aliphatic heterocycles. The number of thioether (sulfide) groups is 1. The largest absolute Gasteiger partial charge is 0.496 e. The maximum Gasteiger partial charge on any atom is 0.267 e. The second-order valence-corrected chi connectivity index (χ2v) is 9.57. The Hall–Kier alpha value is -3.98. The maximum absolute atomic E-state index is 13.4. The predicted molar refractivity (Wildman–Crippen MR) is 146 cm³/mol. The van der Waals surface area contributed by atoms with Gasteiger partial charge in [0.05, 0.1) is 44.8 Å². The molecular weight excluding hydrogens is 490 g/mol. The van der Waals surface area contributed by atoms with Crippen LogP contribution in [0.1, 0.15) is 30.7 Å². The lowest BCUT2D eigenvalue weighted by atomic mass is 10.1. The van der Waals surface area contributed by atoms with Gasteiger partial charge in [-0.2, -0.15) is 5.10 Å². The number of carbonyl (C=O) groups excluding carboxylic acids is 1. The number of furan rings is 1. The van der Waals surface area contributed by atoms with Crippen LogP contribution in [0.5, 0.6) is 17.2 Å². The summed E-state index contributed by atoms with van der Waals surface area (Å²) in [4.78, 5) is 15.4.